The van der Waals surface area contributed by atoms with E-state index in [4.69, 9.17) is 10.5 Å². The van der Waals surface area contributed by atoms with E-state index in [2.05, 4.69) is 34.3 Å². The smallest absolute Gasteiger partial charge is 0.119 e. The van der Waals surface area contributed by atoms with Crippen LogP contribution in [0.4, 0.5) is 11.4 Å². The van der Waals surface area contributed by atoms with Crippen molar-refractivity contribution in [3.05, 3.63) is 66.7 Å². The quantitative estimate of drug-likeness (QED) is 0.698. The Kier molecular flexibility index (Phi) is 4.93. The minimum atomic E-state index is 0.674. The molecular weight excluding hydrogens is 322 g/mol. The van der Waals surface area contributed by atoms with Crippen molar-refractivity contribution in [1.29, 1.82) is 0 Å². The SMILES string of the molecule is Nc1ccc(N2CCCCN2CCOc2ccccc2)c2ccccc12. The van der Waals surface area contributed by atoms with Crippen LogP contribution in [0.5, 0.6) is 5.75 Å². The average Bonchev–Trinajstić information content (AvgIpc) is 2.70. The number of nitrogen functional groups attached to an aromatic ring is 1. The molecule has 0 atom stereocenters. The van der Waals surface area contributed by atoms with Gasteiger partial charge in [0.2, 0.25) is 0 Å². The lowest BCUT2D eigenvalue weighted by Gasteiger charge is -2.40. The number of hydrogen-bond acceptors (Lipinski definition) is 4. The maximum atomic E-state index is 6.18. The molecule has 4 rings (SSSR count). The number of nitrogens with zero attached hydrogens (tertiary/aromatic N) is 2. The van der Waals surface area contributed by atoms with Crippen molar-refractivity contribution in [3.8, 4) is 5.75 Å². The second-order valence-electron chi connectivity index (χ2n) is 6.66. The van der Waals surface area contributed by atoms with E-state index in [1.54, 1.807) is 0 Å². The summed E-state index contributed by atoms with van der Waals surface area (Å²) < 4.78 is 5.91. The molecule has 4 nitrogen and oxygen atoms in total. The van der Waals surface area contributed by atoms with E-state index in [1.165, 1.54) is 23.9 Å². The van der Waals surface area contributed by atoms with Crippen molar-refractivity contribution in [3.63, 3.8) is 0 Å². The van der Waals surface area contributed by atoms with Crippen molar-refractivity contribution in [2.75, 3.05) is 37.0 Å². The van der Waals surface area contributed by atoms with Crippen molar-refractivity contribution < 1.29 is 4.74 Å². The Morgan fingerprint density at radius 2 is 1.54 bits per heavy atom. The molecule has 1 heterocycles. The second kappa shape index (κ2) is 7.67. The summed E-state index contributed by atoms with van der Waals surface area (Å²) in [6.45, 7) is 3.62. The number of ether oxygens (including phenoxy) is 1. The number of hydrazine groups is 1. The summed E-state index contributed by atoms with van der Waals surface area (Å²) in [4.78, 5) is 0. The van der Waals surface area contributed by atoms with Gasteiger partial charge in [0, 0.05) is 29.5 Å². The first-order valence-corrected chi connectivity index (χ1v) is 9.30. The number of para-hydroxylation sites is 1. The first-order valence-electron chi connectivity index (χ1n) is 9.30. The zero-order valence-corrected chi connectivity index (χ0v) is 15.0. The number of nitrogens with two attached hydrogens (primary N) is 1. The highest BCUT2D eigenvalue weighted by molar-refractivity contribution is 6.01. The third-order valence-electron chi connectivity index (χ3n) is 4.95. The highest BCUT2D eigenvalue weighted by atomic mass is 16.5. The van der Waals surface area contributed by atoms with Crippen LogP contribution in [-0.2, 0) is 0 Å². The van der Waals surface area contributed by atoms with Crippen LogP contribution in [0.2, 0.25) is 0 Å². The van der Waals surface area contributed by atoms with Gasteiger partial charge in [-0.05, 0) is 37.1 Å². The Morgan fingerprint density at radius 1 is 0.808 bits per heavy atom. The Balaban J connectivity index is 1.53. The third kappa shape index (κ3) is 3.46. The molecule has 0 bridgehead atoms. The van der Waals surface area contributed by atoms with Crippen LogP contribution in [0.3, 0.4) is 0 Å². The molecule has 0 radical (unpaired) electrons. The molecule has 1 aliphatic heterocycles. The lowest BCUT2D eigenvalue weighted by atomic mass is 10.1. The van der Waals surface area contributed by atoms with Crippen LogP contribution in [0, 0.1) is 0 Å². The summed E-state index contributed by atoms with van der Waals surface area (Å²) in [7, 11) is 0. The fraction of sp³-hybridized carbons (Fsp3) is 0.273. The molecule has 0 saturated carbocycles. The van der Waals surface area contributed by atoms with Gasteiger partial charge in [-0.1, -0.05) is 42.5 Å². The molecule has 0 aromatic heterocycles. The molecule has 3 aromatic rings. The van der Waals surface area contributed by atoms with Crippen LogP contribution in [-0.4, -0.2) is 31.3 Å². The van der Waals surface area contributed by atoms with Gasteiger partial charge < -0.3 is 15.5 Å². The molecule has 3 aromatic carbocycles. The molecule has 26 heavy (non-hydrogen) atoms. The molecule has 0 spiro atoms. The summed E-state index contributed by atoms with van der Waals surface area (Å²) in [6.07, 6.45) is 2.42. The zero-order chi connectivity index (χ0) is 17.8. The maximum absolute atomic E-state index is 6.18. The highest BCUT2D eigenvalue weighted by Gasteiger charge is 2.22. The third-order valence-corrected chi connectivity index (χ3v) is 4.95. The van der Waals surface area contributed by atoms with E-state index in [-0.39, 0.29) is 0 Å². The number of anilines is 2. The van der Waals surface area contributed by atoms with Crippen LogP contribution in [0.25, 0.3) is 10.8 Å². The molecule has 1 fully saturated rings. The molecule has 0 unspecified atom stereocenters. The first-order chi connectivity index (χ1) is 12.8. The topological polar surface area (TPSA) is 41.7 Å². The van der Waals surface area contributed by atoms with Crippen molar-refractivity contribution >= 4 is 22.1 Å². The van der Waals surface area contributed by atoms with Crippen LogP contribution in [0.15, 0.2) is 66.7 Å². The molecule has 134 valence electrons. The van der Waals surface area contributed by atoms with Gasteiger partial charge in [0.25, 0.3) is 0 Å². The summed E-state index contributed by atoms with van der Waals surface area (Å²) in [5.74, 6) is 0.925. The molecule has 4 heteroatoms. The Hall–Kier alpha value is -2.72. The van der Waals surface area contributed by atoms with Crippen LogP contribution in [0.1, 0.15) is 12.8 Å². The number of benzene rings is 3. The van der Waals surface area contributed by atoms with Gasteiger partial charge in [-0.15, -0.1) is 0 Å². The average molecular weight is 347 g/mol. The fourth-order valence-corrected chi connectivity index (χ4v) is 3.64. The van der Waals surface area contributed by atoms with Gasteiger partial charge in [0.15, 0.2) is 0 Å². The standard InChI is InChI=1S/C22H25N3O/c23-21-12-13-22(20-11-5-4-10-19(20)21)25-15-7-6-14-24(25)16-17-26-18-8-2-1-3-9-18/h1-5,8-13H,6-7,14-17,23H2. The van der Waals surface area contributed by atoms with Gasteiger partial charge in [0.05, 0.1) is 12.2 Å². The van der Waals surface area contributed by atoms with Crippen LogP contribution < -0.4 is 15.5 Å². The van der Waals surface area contributed by atoms with Gasteiger partial charge in [-0.25, -0.2) is 5.01 Å². The normalized spacial score (nSPS) is 15.3. The van der Waals surface area contributed by atoms with E-state index in [1.807, 2.05) is 42.5 Å². The molecular formula is C22H25N3O. The predicted molar refractivity (Wildman–Crippen MR) is 108 cm³/mol. The van der Waals surface area contributed by atoms with E-state index < -0.39 is 0 Å². The van der Waals surface area contributed by atoms with Gasteiger partial charge in [0.1, 0.15) is 12.4 Å². The van der Waals surface area contributed by atoms with Crippen LogP contribution >= 0.6 is 0 Å². The molecule has 2 N–H and O–H groups in total. The fourth-order valence-electron chi connectivity index (χ4n) is 3.64. The minimum Gasteiger partial charge on any atom is -0.492 e. The highest BCUT2D eigenvalue weighted by Crippen LogP contribution is 2.33. The van der Waals surface area contributed by atoms with E-state index in [9.17, 15) is 0 Å². The van der Waals surface area contributed by atoms with Crippen molar-refractivity contribution in [2.24, 2.45) is 0 Å². The summed E-state index contributed by atoms with van der Waals surface area (Å²) in [5, 5.41) is 7.14. The minimum absolute atomic E-state index is 0.674. The Labute approximate surface area is 154 Å². The lowest BCUT2D eigenvalue weighted by Crippen LogP contribution is -2.49. The summed E-state index contributed by atoms with van der Waals surface area (Å²) >= 11 is 0. The van der Waals surface area contributed by atoms with Gasteiger partial charge in [-0.3, -0.25) is 0 Å². The molecule has 1 saturated heterocycles. The second-order valence-corrected chi connectivity index (χ2v) is 6.66. The largest absolute Gasteiger partial charge is 0.492 e. The number of fused-ring (bicyclic) bond motifs is 1. The van der Waals surface area contributed by atoms with E-state index in [0.717, 1.165) is 36.5 Å². The Morgan fingerprint density at radius 3 is 2.38 bits per heavy atom. The molecule has 0 aliphatic carbocycles. The van der Waals surface area contributed by atoms with E-state index in [0.29, 0.717) is 6.61 Å². The summed E-state index contributed by atoms with van der Waals surface area (Å²) in [5.41, 5.74) is 8.25. The van der Waals surface area contributed by atoms with Gasteiger partial charge in [-0.2, -0.15) is 0 Å². The van der Waals surface area contributed by atoms with Gasteiger partial charge >= 0.3 is 0 Å². The van der Waals surface area contributed by atoms with Crippen molar-refractivity contribution in [1.82, 2.24) is 5.01 Å². The van der Waals surface area contributed by atoms with E-state index >= 15 is 0 Å². The Bertz CT molecular complexity index is 866. The zero-order valence-electron chi connectivity index (χ0n) is 15.0. The maximum Gasteiger partial charge on any atom is 0.119 e. The monoisotopic (exact) mass is 347 g/mol. The number of rotatable bonds is 5. The first kappa shape index (κ1) is 16.7. The predicted octanol–water partition coefficient (Wildman–Crippen LogP) is 4.32. The summed E-state index contributed by atoms with van der Waals surface area (Å²) in [6, 6.07) is 22.6. The molecule has 0 amide bonds. The number of hydrogen-bond donors (Lipinski definition) is 1. The van der Waals surface area contributed by atoms with Crippen molar-refractivity contribution in [2.45, 2.75) is 12.8 Å². The molecule has 1 aliphatic rings. The lowest BCUT2D eigenvalue weighted by molar-refractivity contribution is 0.172.